The van der Waals surface area contributed by atoms with Crippen LogP contribution in [0, 0.1) is 0 Å². The van der Waals surface area contributed by atoms with Crippen molar-refractivity contribution in [3.05, 3.63) is 61.2 Å². The van der Waals surface area contributed by atoms with Crippen molar-refractivity contribution in [1.29, 1.82) is 0 Å². The Morgan fingerprint density at radius 1 is 0.474 bits per heavy atom. The molecule has 0 aliphatic heterocycles. The Labute approximate surface area is 118 Å². The molecule has 0 atom stereocenters. The van der Waals surface area contributed by atoms with E-state index >= 15 is 0 Å². The standard InChI is InChI=1S/C15H20N2.2CH4/c1-4-10-16(11-5-1)14-8-3-9-15-17-12-6-2-7-13-17;;/h1-2,4-7,10-13H,3,8-9,14-15H2;2*1H4/q+2;;. The second-order valence-electron chi connectivity index (χ2n) is 4.29. The van der Waals surface area contributed by atoms with Crippen molar-refractivity contribution < 1.29 is 9.13 Å². The van der Waals surface area contributed by atoms with E-state index in [2.05, 4.69) is 70.3 Å². The first-order chi connectivity index (χ1) is 8.45. The molecule has 2 rings (SSSR count). The highest BCUT2D eigenvalue weighted by molar-refractivity contribution is 4.84. The summed E-state index contributed by atoms with van der Waals surface area (Å²) in [4.78, 5) is 0. The van der Waals surface area contributed by atoms with Gasteiger partial charge < -0.3 is 0 Å². The summed E-state index contributed by atoms with van der Waals surface area (Å²) < 4.78 is 4.49. The fraction of sp³-hybridized carbons (Fsp3) is 0.412. The zero-order valence-corrected chi connectivity index (χ0v) is 10.2. The molecule has 2 aromatic rings. The van der Waals surface area contributed by atoms with Crippen molar-refractivity contribution in [2.24, 2.45) is 0 Å². The molecule has 0 bridgehead atoms. The fourth-order valence-electron chi connectivity index (χ4n) is 1.93. The molecule has 0 aliphatic carbocycles. The van der Waals surface area contributed by atoms with E-state index in [0.29, 0.717) is 0 Å². The van der Waals surface area contributed by atoms with Crippen LogP contribution in [-0.4, -0.2) is 0 Å². The summed E-state index contributed by atoms with van der Waals surface area (Å²) in [6.45, 7) is 2.25. The van der Waals surface area contributed by atoms with E-state index in [0.717, 1.165) is 13.1 Å². The largest absolute Gasteiger partial charge is 0.205 e. The second kappa shape index (κ2) is 10.2. The summed E-state index contributed by atoms with van der Waals surface area (Å²) in [6, 6.07) is 12.4. The summed E-state index contributed by atoms with van der Waals surface area (Å²) in [7, 11) is 0. The van der Waals surface area contributed by atoms with E-state index in [4.69, 9.17) is 0 Å². The predicted octanol–water partition coefficient (Wildman–Crippen LogP) is 3.40. The van der Waals surface area contributed by atoms with Gasteiger partial charge in [0.05, 0.1) is 0 Å². The summed E-state index contributed by atoms with van der Waals surface area (Å²) in [5.74, 6) is 0. The number of aryl methyl sites for hydroxylation is 2. The molecule has 0 aromatic carbocycles. The summed E-state index contributed by atoms with van der Waals surface area (Å²) in [5, 5.41) is 0. The van der Waals surface area contributed by atoms with Crippen LogP contribution in [0.25, 0.3) is 0 Å². The van der Waals surface area contributed by atoms with Crippen molar-refractivity contribution in [2.45, 2.75) is 47.2 Å². The number of nitrogens with zero attached hydrogens (tertiary/aromatic N) is 2. The molecule has 0 fully saturated rings. The van der Waals surface area contributed by atoms with Gasteiger partial charge in [-0.3, -0.25) is 0 Å². The number of hydrogen-bond donors (Lipinski definition) is 0. The molecule has 0 unspecified atom stereocenters. The van der Waals surface area contributed by atoms with Gasteiger partial charge in [0.25, 0.3) is 0 Å². The van der Waals surface area contributed by atoms with Crippen molar-refractivity contribution in [2.75, 3.05) is 0 Å². The molecule has 2 heterocycles. The molecule has 2 nitrogen and oxygen atoms in total. The second-order valence-corrected chi connectivity index (χ2v) is 4.29. The Hall–Kier alpha value is -1.70. The monoisotopic (exact) mass is 260 g/mol. The average Bonchev–Trinajstić information content (AvgIpc) is 2.41. The minimum absolute atomic E-state index is 0. The summed E-state index contributed by atoms with van der Waals surface area (Å²) in [5.41, 5.74) is 0. The van der Waals surface area contributed by atoms with E-state index in [9.17, 15) is 0 Å². The van der Waals surface area contributed by atoms with E-state index in [1.54, 1.807) is 0 Å². The van der Waals surface area contributed by atoms with Crippen LogP contribution in [0.5, 0.6) is 0 Å². The van der Waals surface area contributed by atoms with Gasteiger partial charge in [0.2, 0.25) is 0 Å². The Morgan fingerprint density at radius 3 is 1.21 bits per heavy atom. The third-order valence-corrected chi connectivity index (χ3v) is 2.89. The van der Waals surface area contributed by atoms with Gasteiger partial charge in [0.15, 0.2) is 24.8 Å². The quantitative estimate of drug-likeness (QED) is 0.555. The van der Waals surface area contributed by atoms with Crippen molar-refractivity contribution in [3.63, 3.8) is 0 Å². The number of pyridine rings is 2. The molecule has 0 spiro atoms. The number of hydrogen-bond acceptors (Lipinski definition) is 0. The highest BCUT2D eigenvalue weighted by Crippen LogP contribution is 1.95. The van der Waals surface area contributed by atoms with Gasteiger partial charge in [-0.1, -0.05) is 27.0 Å². The van der Waals surface area contributed by atoms with Crippen LogP contribution >= 0.6 is 0 Å². The van der Waals surface area contributed by atoms with Gasteiger partial charge in [-0.2, -0.15) is 0 Å². The fourth-order valence-corrected chi connectivity index (χ4v) is 1.93. The van der Waals surface area contributed by atoms with Gasteiger partial charge in [-0.15, -0.1) is 0 Å². The maximum atomic E-state index is 2.25. The van der Waals surface area contributed by atoms with Crippen molar-refractivity contribution >= 4 is 0 Å². The molecule has 0 radical (unpaired) electrons. The number of rotatable bonds is 6. The highest BCUT2D eigenvalue weighted by atomic mass is 14.9. The van der Waals surface area contributed by atoms with E-state index in [1.807, 2.05) is 0 Å². The average molecular weight is 260 g/mol. The third-order valence-electron chi connectivity index (χ3n) is 2.89. The molecule has 0 N–H and O–H groups in total. The molecule has 104 valence electrons. The molecule has 0 aliphatic rings. The first kappa shape index (κ1) is 17.3. The zero-order valence-electron chi connectivity index (χ0n) is 10.2. The minimum atomic E-state index is 0. The Morgan fingerprint density at radius 2 is 0.842 bits per heavy atom. The lowest BCUT2D eigenvalue weighted by Gasteiger charge is -1.97. The molecule has 2 heteroatoms. The highest BCUT2D eigenvalue weighted by Gasteiger charge is 2.00. The first-order valence-electron chi connectivity index (χ1n) is 6.33. The molecule has 0 saturated carbocycles. The Kier molecular flexibility index (Phi) is 9.33. The normalized spacial score (nSPS) is 9.26. The molecular weight excluding hydrogens is 232 g/mol. The van der Waals surface area contributed by atoms with Crippen LogP contribution < -0.4 is 9.13 Å². The summed E-state index contributed by atoms with van der Waals surface area (Å²) >= 11 is 0. The SMILES string of the molecule is C.C.c1cc[n+](CCCCC[n+]2ccccc2)cc1. The molecule has 19 heavy (non-hydrogen) atoms. The van der Waals surface area contributed by atoms with Gasteiger partial charge in [0, 0.05) is 37.1 Å². The topological polar surface area (TPSA) is 7.76 Å². The molecule has 0 amide bonds. The lowest BCUT2D eigenvalue weighted by Crippen LogP contribution is -2.33. The predicted molar refractivity (Wildman–Crippen MR) is 80.6 cm³/mol. The maximum absolute atomic E-state index is 2.25. The van der Waals surface area contributed by atoms with Gasteiger partial charge in [0.1, 0.15) is 13.1 Å². The number of unbranched alkanes of at least 4 members (excludes halogenated alkanes) is 2. The van der Waals surface area contributed by atoms with Gasteiger partial charge in [-0.25, -0.2) is 9.13 Å². The first-order valence-corrected chi connectivity index (χ1v) is 6.33. The Bertz CT molecular complexity index is 370. The van der Waals surface area contributed by atoms with Gasteiger partial charge in [-0.05, 0) is 6.42 Å². The van der Waals surface area contributed by atoms with Crippen LogP contribution in [-0.2, 0) is 13.1 Å². The lowest BCUT2D eigenvalue weighted by molar-refractivity contribution is -0.701. The minimum Gasteiger partial charge on any atom is -0.205 e. The molecule has 2 aromatic heterocycles. The zero-order chi connectivity index (χ0) is 11.8. The van der Waals surface area contributed by atoms with Crippen LogP contribution in [0.2, 0.25) is 0 Å². The third kappa shape index (κ3) is 6.70. The van der Waals surface area contributed by atoms with E-state index in [1.165, 1.54) is 19.3 Å². The van der Waals surface area contributed by atoms with E-state index < -0.39 is 0 Å². The van der Waals surface area contributed by atoms with E-state index in [-0.39, 0.29) is 14.9 Å². The van der Waals surface area contributed by atoms with Crippen LogP contribution in [0.3, 0.4) is 0 Å². The summed E-state index contributed by atoms with van der Waals surface area (Å²) in [6.07, 6.45) is 12.3. The Balaban J connectivity index is 0.00000162. The van der Waals surface area contributed by atoms with Gasteiger partial charge >= 0.3 is 0 Å². The van der Waals surface area contributed by atoms with Crippen molar-refractivity contribution in [1.82, 2.24) is 0 Å². The van der Waals surface area contributed by atoms with Crippen molar-refractivity contribution in [3.8, 4) is 0 Å². The van der Waals surface area contributed by atoms with Crippen LogP contribution in [0.1, 0.15) is 34.1 Å². The number of aromatic nitrogens is 2. The van der Waals surface area contributed by atoms with Crippen LogP contribution in [0.15, 0.2) is 61.2 Å². The smallest absolute Gasteiger partial charge is 0.168 e. The maximum Gasteiger partial charge on any atom is 0.168 e. The molecular formula is C17H28N2+2. The van der Waals surface area contributed by atoms with Crippen LogP contribution in [0.4, 0.5) is 0 Å². The lowest BCUT2D eigenvalue weighted by atomic mass is 10.2. The molecule has 0 saturated heterocycles.